The molecule has 1 aromatic rings. The summed E-state index contributed by atoms with van der Waals surface area (Å²) in [6.07, 6.45) is 3.03. The van der Waals surface area contributed by atoms with Gasteiger partial charge in [0.05, 0.1) is 12.4 Å². The summed E-state index contributed by atoms with van der Waals surface area (Å²) < 4.78 is 0. The van der Waals surface area contributed by atoms with E-state index >= 15 is 0 Å². The molecule has 4 unspecified atom stereocenters. The quantitative estimate of drug-likeness (QED) is 0.0384. The summed E-state index contributed by atoms with van der Waals surface area (Å²) in [5.74, 6) is -4.64. The molecule has 19 nitrogen and oxygen atoms in total. The molecule has 0 radical (unpaired) electrons. The van der Waals surface area contributed by atoms with Gasteiger partial charge in [-0.05, 0) is 32.1 Å². The van der Waals surface area contributed by atoms with Crippen LogP contribution in [-0.2, 0) is 30.4 Å². The molecule has 1 aromatic heterocycles. The fourth-order valence-corrected chi connectivity index (χ4v) is 3.62. The van der Waals surface area contributed by atoms with E-state index in [4.69, 9.17) is 34.4 Å². The van der Waals surface area contributed by atoms with Crippen LogP contribution in [0.1, 0.15) is 44.2 Å². The molecule has 0 bridgehead atoms. The van der Waals surface area contributed by atoms with Gasteiger partial charge in [-0.1, -0.05) is 0 Å². The molecular formula is C23H41N13O6. The Labute approximate surface area is 241 Å². The van der Waals surface area contributed by atoms with Crippen molar-refractivity contribution in [1.29, 1.82) is 0 Å². The number of nitrogens with one attached hydrogen (secondary N) is 4. The summed E-state index contributed by atoms with van der Waals surface area (Å²) in [5.41, 5.74) is 32.8. The van der Waals surface area contributed by atoms with E-state index in [1.54, 1.807) is 0 Å². The number of nitrogens with two attached hydrogens (primary N) is 6. The highest BCUT2D eigenvalue weighted by Crippen LogP contribution is 2.06. The fraction of sp³-hybridized carbons (Fsp3) is 0.565. The number of carbonyl (C=O) groups is 5. The minimum atomic E-state index is -1.35. The molecule has 0 saturated heterocycles. The van der Waals surface area contributed by atoms with E-state index in [1.807, 2.05) is 0 Å². The number of amides is 4. The van der Waals surface area contributed by atoms with Crippen LogP contribution in [0.2, 0.25) is 0 Å². The Morgan fingerprint density at radius 1 is 0.810 bits per heavy atom. The highest BCUT2D eigenvalue weighted by atomic mass is 16.4. The number of aromatic nitrogens is 2. The van der Waals surface area contributed by atoms with Gasteiger partial charge >= 0.3 is 5.97 Å². The van der Waals surface area contributed by atoms with Crippen LogP contribution in [0.15, 0.2) is 22.5 Å². The maximum absolute atomic E-state index is 13.2. The molecule has 0 fully saturated rings. The predicted molar refractivity (Wildman–Crippen MR) is 152 cm³/mol. The third kappa shape index (κ3) is 14.4. The summed E-state index contributed by atoms with van der Waals surface area (Å²) in [7, 11) is 0. The number of hydrogen-bond donors (Lipinski definition) is 11. The molecule has 0 spiro atoms. The largest absolute Gasteiger partial charge is 0.480 e. The monoisotopic (exact) mass is 595 g/mol. The lowest BCUT2D eigenvalue weighted by Crippen LogP contribution is -2.57. The zero-order valence-corrected chi connectivity index (χ0v) is 23.1. The SMILES string of the molecule is NC(=O)CCC(NC(=O)C(N)CCCN=C(N)N)C(=O)NC(CCCN=C(N)N)C(=O)NC(Cc1cnc[nH]1)C(=O)O. The molecule has 4 amide bonds. The number of carboxylic acids is 1. The summed E-state index contributed by atoms with van der Waals surface area (Å²) in [5, 5.41) is 17.0. The van der Waals surface area contributed by atoms with Gasteiger partial charge in [0.25, 0.3) is 0 Å². The molecule has 0 saturated carbocycles. The van der Waals surface area contributed by atoms with Crippen LogP contribution < -0.4 is 50.4 Å². The summed E-state index contributed by atoms with van der Waals surface area (Å²) >= 11 is 0. The van der Waals surface area contributed by atoms with Crippen molar-refractivity contribution in [2.45, 2.75) is 69.1 Å². The number of aromatic amines is 1. The second kappa shape index (κ2) is 18.4. The van der Waals surface area contributed by atoms with Gasteiger partial charge in [-0.25, -0.2) is 9.78 Å². The molecule has 42 heavy (non-hydrogen) atoms. The number of guanidine groups is 2. The lowest BCUT2D eigenvalue weighted by atomic mass is 10.0. The Morgan fingerprint density at radius 3 is 1.83 bits per heavy atom. The fourth-order valence-electron chi connectivity index (χ4n) is 3.62. The van der Waals surface area contributed by atoms with Crippen LogP contribution in [0.3, 0.4) is 0 Å². The van der Waals surface area contributed by atoms with Crippen molar-refractivity contribution in [2.75, 3.05) is 13.1 Å². The van der Waals surface area contributed by atoms with E-state index in [1.165, 1.54) is 12.5 Å². The van der Waals surface area contributed by atoms with Gasteiger partial charge in [0.1, 0.15) is 18.1 Å². The third-order valence-electron chi connectivity index (χ3n) is 5.79. The smallest absolute Gasteiger partial charge is 0.326 e. The number of nitrogens with zero attached hydrogens (tertiary/aromatic N) is 3. The Balaban J connectivity index is 3.03. The molecule has 4 atom stereocenters. The number of H-pyrrole nitrogens is 1. The first-order chi connectivity index (χ1) is 19.8. The van der Waals surface area contributed by atoms with Crippen molar-refractivity contribution in [1.82, 2.24) is 25.9 Å². The standard InChI is InChI=1S/C23H41N13O6/c24-13(3-1-7-31-22(26)27)18(38)34-15(5-6-17(25)37)20(40)35-14(4-2-8-32-23(28)29)19(39)36-16(21(41)42)9-12-10-30-11-33-12/h10-11,13-16H,1-9,24H2,(H2,25,37)(H,30,33)(H,34,38)(H,35,40)(H,36,39)(H,41,42)(H4,26,27,31)(H4,28,29,32). The Morgan fingerprint density at radius 2 is 1.33 bits per heavy atom. The highest BCUT2D eigenvalue weighted by molar-refractivity contribution is 5.94. The zero-order chi connectivity index (χ0) is 31.7. The van der Waals surface area contributed by atoms with E-state index in [9.17, 15) is 29.1 Å². The second-order valence-electron chi connectivity index (χ2n) is 9.31. The number of carbonyl (C=O) groups excluding carboxylic acids is 4. The average Bonchev–Trinajstić information content (AvgIpc) is 3.42. The average molecular weight is 596 g/mol. The van der Waals surface area contributed by atoms with Crippen molar-refractivity contribution >= 4 is 41.5 Å². The van der Waals surface area contributed by atoms with Crippen molar-refractivity contribution in [3.8, 4) is 0 Å². The van der Waals surface area contributed by atoms with E-state index in [0.717, 1.165) is 0 Å². The number of carboxylic acid groups (broad SMARTS) is 1. The number of rotatable bonds is 20. The number of aliphatic carboxylic acids is 1. The van der Waals surface area contributed by atoms with Crippen LogP contribution in [-0.4, -0.2) is 93.8 Å². The van der Waals surface area contributed by atoms with Gasteiger partial charge in [0.2, 0.25) is 23.6 Å². The van der Waals surface area contributed by atoms with Crippen LogP contribution >= 0.6 is 0 Å². The maximum Gasteiger partial charge on any atom is 0.326 e. The topological polar surface area (TPSA) is 351 Å². The highest BCUT2D eigenvalue weighted by Gasteiger charge is 2.30. The predicted octanol–water partition coefficient (Wildman–Crippen LogP) is -4.81. The number of imidazole rings is 1. The van der Waals surface area contributed by atoms with E-state index in [-0.39, 0.29) is 63.5 Å². The van der Waals surface area contributed by atoms with Crippen LogP contribution in [0.4, 0.5) is 0 Å². The molecule has 1 rings (SSSR count). The van der Waals surface area contributed by atoms with E-state index in [2.05, 4.69) is 35.9 Å². The van der Waals surface area contributed by atoms with Gasteiger partial charge in [0.15, 0.2) is 11.9 Å². The van der Waals surface area contributed by atoms with Crippen LogP contribution in [0, 0.1) is 0 Å². The molecule has 1 heterocycles. The summed E-state index contributed by atoms with van der Waals surface area (Å²) in [6.45, 7) is 0.359. The summed E-state index contributed by atoms with van der Waals surface area (Å²) in [4.78, 5) is 76.5. The second-order valence-corrected chi connectivity index (χ2v) is 9.31. The van der Waals surface area contributed by atoms with Crippen LogP contribution in [0.25, 0.3) is 0 Å². The molecular weight excluding hydrogens is 554 g/mol. The summed E-state index contributed by atoms with van der Waals surface area (Å²) in [6, 6.07) is -4.92. The van der Waals surface area contributed by atoms with Gasteiger partial charge in [-0.3, -0.25) is 29.2 Å². The Hall–Kier alpha value is -4.94. The molecule has 0 aliphatic heterocycles. The number of aliphatic imine (C=N–C) groups is 2. The van der Waals surface area contributed by atoms with Crippen molar-refractivity contribution in [3.63, 3.8) is 0 Å². The molecule has 0 aliphatic rings. The molecule has 19 heteroatoms. The first-order valence-electron chi connectivity index (χ1n) is 13.1. The Bertz CT molecular complexity index is 1100. The van der Waals surface area contributed by atoms with E-state index in [0.29, 0.717) is 12.1 Å². The van der Waals surface area contributed by atoms with Gasteiger partial charge < -0.3 is 60.4 Å². The third-order valence-corrected chi connectivity index (χ3v) is 5.79. The van der Waals surface area contributed by atoms with Crippen molar-refractivity contribution in [2.24, 2.45) is 44.4 Å². The number of hydrogen-bond acceptors (Lipinski definition) is 9. The normalized spacial score (nSPS) is 13.5. The molecule has 17 N–H and O–H groups in total. The van der Waals surface area contributed by atoms with Gasteiger partial charge in [0, 0.05) is 37.8 Å². The first-order valence-corrected chi connectivity index (χ1v) is 13.1. The van der Waals surface area contributed by atoms with Gasteiger partial charge in [-0.2, -0.15) is 0 Å². The van der Waals surface area contributed by atoms with Crippen LogP contribution in [0.5, 0.6) is 0 Å². The Kier molecular flexibility index (Phi) is 15.4. The number of primary amides is 1. The van der Waals surface area contributed by atoms with E-state index < -0.39 is 53.8 Å². The lowest BCUT2D eigenvalue weighted by Gasteiger charge is -2.25. The first kappa shape index (κ1) is 35.1. The van der Waals surface area contributed by atoms with Gasteiger partial charge in [-0.15, -0.1) is 0 Å². The van der Waals surface area contributed by atoms with Crippen molar-refractivity contribution in [3.05, 3.63) is 18.2 Å². The maximum atomic E-state index is 13.2. The van der Waals surface area contributed by atoms with Crippen molar-refractivity contribution < 1.29 is 29.1 Å². The molecule has 234 valence electrons. The minimum absolute atomic E-state index is 0.00550. The lowest BCUT2D eigenvalue weighted by molar-refractivity contribution is -0.142. The zero-order valence-electron chi connectivity index (χ0n) is 23.1. The molecule has 0 aromatic carbocycles. The molecule has 0 aliphatic carbocycles. The minimum Gasteiger partial charge on any atom is -0.480 e.